The average molecular weight is 528 g/mol. The molecule has 0 saturated carbocycles. The summed E-state index contributed by atoms with van der Waals surface area (Å²) >= 11 is 0. The van der Waals surface area contributed by atoms with Gasteiger partial charge in [-0.15, -0.1) is 5.16 Å². The number of fused-ring (bicyclic) bond motifs is 3. The summed E-state index contributed by atoms with van der Waals surface area (Å²) in [6.45, 7) is 8.25. The summed E-state index contributed by atoms with van der Waals surface area (Å²) in [6.07, 6.45) is -1.62. The second kappa shape index (κ2) is 10.7. The molecule has 2 aliphatic heterocycles. The minimum Gasteiger partial charge on any atom is -0.393 e. The van der Waals surface area contributed by atoms with E-state index in [1.54, 1.807) is 0 Å². The van der Waals surface area contributed by atoms with Gasteiger partial charge in [-0.1, -0.05) is 72.8 Å². The van der Waals surface area contributed by atoms with Crippen molar-refractivity contribution in [3.63, 3.8) is 0 Å². The Morgan fingerprint density at radius 3 is 2.00 bits per heavy atom. The van der Waals surface area contributed by atoms with Gasteiger partial charge in [-0.05, 0) is 58.7 Å². The summed E-state index contributed by atoms with van der Waals surface area (Å²) in [5.74, 6) is -0.796. The van der Waals surface area contributed by atoms with E-state index < -0.39 is 29.9 Å². The van der Waals surface area contributed by atoms with E-state index >= 15 is 0 Å². The molecule has 0 amide bonds. The highest BCUT2D eigenvalue weighted by Gasteiger charge is 2.63. The molecule has 4 atom stereocenters. The second-order valence-corrected chi connectivity index (χ2v) is 10.6. The van der Waals surface area contributed by atoms with Gasteiger partial charge in [-0.25, -0.2) is 0 Å². The smallest absolute Gasteiger partial charge is 0.190 e. The molecule has 4 aromatic carbocycles. The number of nitrogens with zero attached hydrogens (tertiary/aromatic N) is 1. The van der Waals surface area contributed by atoms with Gasteiger partial charge in [0.2, 0.25) is 0 Å². The van der Waals surface area contributed by atoms with Gasteiger partial charge < -0.3 is 28.5 Å². The summed E-state index contributed by atoms with van der Waals surface area (Å²) < 4.78 is 31.6. The first-order valence-corrected chi connectivity index (χ1v) is 13.2. The molecule has 0 radical (unpaired) electrons. The average Bonchev–Trinajstić information content (AvgIpc) is 3.38. The zero-order valence-electron chi connectivity index (χ0n) is 22.2. The number of hydrogen-bond donors (Lipinski definition) is 0. The monoisotopic (exact) mass is 527 g/mol. The van der Waals surface area contributed by atoms with Gasteiger partial charge >= 0.3 is 0 Å². The fourth-order valence-corrected chi connectivity index (χ4v) is 5.51. The van der Waals surface area contributed by atoms with Gasteiger partial charge in [0.05, 0.1) is 19.8 Å². The molecular formula is C32H33NO6. The third-order valence-corrected chi connectivity index (χ3v) is 7.33. The fraction of sp³-hybridized carbons (Fsp3) is 0.344. The van der Waals surface area contributed by atoms with E-state index in [0.29, 0.717) is 13.2 Å². The van der Waals surface area contributed by atoms with Crippen LogP contribution in [-0.2, 0) is 41.7 Å². The molecular weight excluding hydrogens is 494 g/mol. The quantitative estimate of drug-likeness (QED) is 0.187. The van der Waals surface area contributed by atoms with Crippen molar-refractivity contribution in [2.45, 2.75) is 56.9 Å². The van der Waals surface area contributed by atoms with Crippen LogP contribution in [-0.4, -0.2) is 49.8 Å². The van der Waals surface area contributed by atoms with Crippen molar-refractivity contribution in [3.8, 4) is 0 Å². The van der Waals surface area contributed by atoms with E-state index in [0.717, 1.165) is 16.5 Å². The molecule has 7 nitrogen and oxygen atoms in total. The van der Waals surface area contributed by atoms with Gasteiger partial charge in [-0.3, -0.25) is 0 Å². The highest BCUT2D eigenvalue weighted by atomic mass is 16.9. The summed E-state index contributed by atoms with van der Waals surface area (Å²) in [4.78, 5) is 5.46. The predicted molar refractivity (Wildman–Crippen MR) is 149 cm³/mol. The lowest BCUT2D eigenvalue weighted by atomic mass is 9.96. The van der Waals surface area contributed by atoms with Gasteiger partial charge in [0.15, 0.2) is 24.3 Å². The highest BCUT2D eigenvalue weighted by molar-refractivity contribution is 5.83. The third kappa shape index (κ3) is 5.41. The Kier molecular flexibility index (Phi) is 7.10. The Morgan fingerprint density at radius 2 is 1.36 bits per heavy atom. The first-order valence-electron chi connectivity index (χ1n) is 13.2. The number of hydrogen-bond acceptors (Lipinski definition) is 7. The van der Waals surface area contributed by atoms with Crippen LogP contribution in [0.25, 0.3) is 21.5 Å². The predicted octanol–water partition coefficient (Wildman–Crippen LogP) is 5.97. The van der Waals surface area contributed by atoms with Crippen LogP contribution >= 0.6 is 0 Å². The van der Waals surface area contributed by atoms with Crippen molar-refractivity contribution in [1.82, 2.24) is 0 Å². The van der Waals surface area contributed by atoms with Crippen LogP contribution in [0.2, 0.25) is 0 Å². The van der Waals surface area contributed by atoms with E-state index in [2.05, 4.69) is 72.5 Å². The molecule has 2 fully saturated rings. The highest BCUT2D eigenvalue weighted by Crippen LogP contribution is 2.44. The van der Waals surface area contributed by atoms with E-state index in [9.17, 15) is 0 Å². The number of ether oxygens (including phenoxy) is 5. The van der Waals surface area contributed by atoms with Crippen LogP contribution in [0.1, 0.15) is 25.0 Å². The Balaban J connectivity index is 1.22. The maximum absolute atomic E-state index is 6.57. The summed E-state index contributed by atoms with van der Waals surface area (Å²) in [5, 5.41) is 8.33. The van der Waals surface area contributed by atoms with Crippen molar-refractivity contribution in [1.29, 1.82) is 0 Å². The molecule has 2 saturated heterocycles. The lowest BCUT2D eigenvalue weighted by molar-refractivity contribution is -0.264. The largest absolute Gasteiger partial charge is 0.393 e. The Morgan fingerprint density at radius 1 is 0.744 bits per heavy atom. The van der Waals surface area contributed by atoms with Gasteiger partial charge in [-0.2, -0.15) is 0 Å². The van der Waals surface area contributed by atoms with Crippen LogP contribution in [0.5, 0.6) is 0 Å². The molecule has 6 rings (SSSR count). The molecule has 0 N–H and O–H groups in total. The van der Waals surface area contributed by atoms with Crippen molar-refractivity contribution in [3.05, 3.63) is 96.1 Å². The van der Waals surface area contributed by atoms with Gasteiger partial charge in [0.1, 0.15) is 12.2 Å². The zero-order valence-corrected chi connectivity index (χ0v) is 22.2. The zero-order chi connectivity index (χ0) is 26.9. The summed E-state index contributed by atoms with van der Waals surface area (Å²) in [7, 11) is 0. The summed E-state index contributed by atoms with van der Waals surface area (Å²) in [6, 6.07) is 29.1. The van der Waals surface area contributed by atoms with Crippen molar-refractivity contribution in [2.75, 3.05) is 13.2 Å². The third-order valence-electron chi connectivity index (χ3n) is 7.33. The van der Waals surface area contributed by atoms with Crippen molar-refractivity contribution < 1.29 is 28.5 Å². The second-order valence-electron chi connectivity index (χ2n) is 10.6. The molecule has 39 heavy (non-hydrogen) atoms. The lowest BCUT2D eigenvalue weighted by Gasteiger charge is -2.35. The van der Waals surface area contributed by atoms with E-state index in [1.807, 2.05) is 38.1 Å². The lowest BCUT2D eigenvalue weighted by Crippen LogP contribution is -2.53. The Bertz CT molecular complexity index is 1470. The molecule has 7 heteroatoms. The molecule has 0 aromatic heterocycles. The topological polar surface area (TPSA) is 67.7 Å². The molecule has 202 valence electrons. The van der Waals surface area contributed by atoms with E-state index in [1.165, 1.54) is 16.2 Å². The Labute approximate surface area is 228 Å². The van der Waals surface area contributed by atoms with Crippen LogP contribution in [0.3, 0.4) is 0 Å². The standard InChI is InChI=1S/C32H33NO6/c1-31(2)37-28-29(35-19-23-13-15-25-9-5-7-11-27(25)17-23)32(21-36-33-3,39-30(28)38-31)20-34-18-22-12-14-24-8-4-6-10-26(24)16-22/h4-17,28-30H,3,18-21H2,1-2H3/t28-,29+,30+,32+/m1/s1. The SMILES string of the molecule is C=NOC[C@]1(COCc2ccc3ccccc3c2)O[C@@H]2OC(C)(C)O[C@@H]2[C@@H]1OCc1ccc2ccccc2c1. The van der Waals surface area contributed by atoms with Crippen molar-refractivity contribution >= 4 is 28.3 Å². The maximum atomic E-state index is 6.57. The van der Waals surface area contributed by atoms with Gasteiger partial charge in [0.25, 0.3) is 0 Å². The first-order chi connectivity index (χ1) is 18.9. The normalized spacial score (nSPS) is 25.6. The molecule has 4 aromatic rings. The maximum Gasteiger partial charge on any atom is 0.190 e. The Hall–Kier alpha value is -3.33. The van der Waals surface area contributed by atoms with E-state index in [4.69, 9.17) is 28.5 Å². The number of rotatable bonds is 10. The van der Waals surface area contributed by atoms with Crippen LogP contribution in [0.4, 0.5) is 0 Å². The molecule has 2 aliphatic rings. The first kappa shape index (κ1) is 25.9. The number of benzene rings is 4. The molecule has 0 bridgehead atoms. The van der Waals surface area contributed by atoms with Crippen molar-refractivity contribution in [2.24, 2.45) is 5.16 Å². The minimum atomic E-state index is -1.01. The van der Waals surface area contributed by atoms with Crippen LogP contribution in [0, 0.1) is 0 Å². The summed E-state index contributed by atoms with van der Waals surface area (Å²) in [5.41, 5.74) is 1.09. The molecule has 0 unspecified atom stereocenters. The van der Waals surface area contributed by atoms with Crippen LogP contribution < -0.4 is 0 Å². The van der Waals surface area contributed by atoms with E-state index in [-0.39, 0.29) is 13.2 Å². The van der Waals surface area contributed by atoms with Crippen LogP contribution in [0.15, 0.2) is 90.1 Å². The molecule has 0 spiro atoms. The fourth-order valence-electron chi connectivity index (χ4n) is 5.51. The molecule has 2 heterocycles. The minimum absolute atomic E-state index is 0.0801. The molecule has 0 aliphatic carbocycles. The number of oxime groups is 1. The van der Waals surface area contributed by atoms with Gasteiger partial charge in [0, 0.05) is 6.72 Å².